The Bertz CT molecular complexity index is 376. The molecule has 17 heavy (non-hydrogen) atoms. The van der Waals surface area contributed by atoms with Gasteiger partial charge in [0.05, 0.1) is 5.69 Å². The highest BCUT2D eigenvalue weighted by Gasteiger charge is 2.20. The normalized spacial score (nSPS) is 19.0. The van der Waals surface area contributed by atoms with Crippen molar-refractivity contribution in [1.29, 1.82) is 0 Å². The molecule has 0 aliphatic carbocycles. The Hall–Kier alpha value is -1.16. The van der Waals surface area contributed by atoms with Crippen molar-refractivity contribution in [2.45, 2.75) is 25.8 Å². The second-order valence-electron chi connectivity index (χ2n) is 4.64. The van der Waals surface area contributed by atoms with Gasteiger partial charge in [0, 0.05) is 6.04 Å². The molecule has 2 nitrogen and oxygen atoms in total. The fraction of sp³-hybridized carbons (Fsp3) is 0.538. The van der Waals surface area contributed by atoms with E-state index < -0.39 is 11.6 Å². The van der Waals surface area contributed by atoms with E-state index >= 15 is 0 Å². The van der Waals surface area contributed by atoms with Gasteiger partial charge in [-0.05, 0) is 57.0 Å². The molecule has 1 fully saturated rings. The molecule has 0 aromatic heterocycles. The largest absolute Gasteiger partial charge is 0.380 e. The number of anilines is 1. The molecule has 1 aliphatic heterocycles. The maximum atomic E-state index is 13.5. The molecule has 1 aromatic rings. The van der Waals surface area contributed by atoms with Crippen LogP contribution in [0.15, 0.2) is 18.2 Å². The summed E-state index contributed by atoms with van der Waals surface area (Å²) in [4.78, 5) is 0. The average Bonchev–Trinajstić information content (AvgIpc) is 2.35. The summed E-state index contributed by atoms with van der Waals surface area (Å²) in [5.41, 5.74) is 0.260. The molecule has 0 bridgehead atoms. The molecule has 0 saturated carbocycles. The minimum atomic E-state index is -0.411. The van der Waals surface area contributed by atoms with Gasteiger partial charge in [0.1, 0.15) is 11.6 Å². The molecule has 4 heteroatoms. The van der Waals surface area contributed by atoms with Crippen LogP contribution in [0.25, 0.3) is 0 Å². The predicted molar refractivity (Wildman–Crippen MR) is 65.0 cm³/mol. The summed E-state index contributed by atoms with van der Waals surface area (Å²) in [7, 11) is 0. The lowest BCUT2D eigenvalue weighted by molar-refractivity contribution is 0.342. The number of nitrogens with one attached hydrogen (secondary N) is 2. The summed E-state index contributed by atoms with van der Waals surface area (Å²) >= 11 is 0. The standard InChI is InChI=1S/C13H18F2N2/c1-9(10-4-6-16-7-5-10)17-13-8-11(14)2-3-12(13)15/h2-3,8-10,16-17H,4-7H2,1H3. The molecule has 1 aliphatic rings. The Morgan fingerprint density at radius 1 is 1.29 bits per heavy atom. The van der Waals surface area contributed by atoms with Crippen LogP contribution in [0.4, 0.5) is 14.5 Å². The van der Waals surface area contributed by atoms with E-state index in [0.717, 1.165) is 38.1 Å². The van der Waals surface area contributed by atoms with Gasteiger partial charge in [-0.3, -0.25) is 0 Å². The molecular weight excluding hydrogens is 222 g/mol. The van der Waals surface area contributed by atoms with Crippen molar-refractivity contribution in [3.8, 4) is 0 Å². The monoisotopic (exact) mass is 240 g/mol. The smallest absolute Gasteiger partial charge is 0.146 e. The van der Waals surface area contributed by atoms with Crippen LogP contribution >= 0.6 is 0 Å². The molecule has 1 atom stereocenters. The maximum absolute atomic E-state index is 13.5. The first kappa shape index (κ1) is 12.3. The molecule has 94 valence electrons. The number of piperidine rings is 1. The van der Waals surface area contributed by atoms with E-state index in [2.05, 4.69) is 10.6 Å². The number of hydrogen-bond acceptors (Lipinski definition) is 2. The van der Waals surface area contributed by atoms with Crippen molar-refractivity contribution in [2.24, 2.45) is 5.92 Å². The van der Waals surface area contributed by atoms with Gasteiger partial charge < -0.3 is 10.6 Å². The van der Waals surface area contributed by atoms with Crippen LogP contribution in [-0.2, 0) is 0 Å². The molecule has 0 radical (unpaired) electrons. The first-order valence-corrected chi connectivity index (χ1v) is 6.09. The lowest BCUT2D eigenvalue weighted by Gasteiger charge is -2.29. The van der Waals surface area contributed by atoms with Gasteiger partial charge in [-0.25, -0.2) is 8.78 Å². The van der Waals surface area contributed by atoms with Crippen LogP contribution in [0.1, 0.15) is 19.8 Å². The Morgan fingerprint density at radius 3 is 2.71 bits per heavy atom. The molecule has 0 spiro atoms. The van der Waals surface area contributed by atoms with Crippen LogP contribution in [0.3, 0.4) is 0 Å². The highest BCUT2D eigenvalue weighted by Crippen LogP contribution is 2.22. The number of benzene rings is 1. The quantitative estimate of drug-likeness (QED) is 0.849. The molecular formula is C13H18F2N2. The predicted octanol–water partition coefficient (Wildman–Crippen LogP) is 2.76. The van der Waals surface area contributed by atoms with Crippen molar-refractivity contribution in [2.75, 3.05) is 18.4 Å². The molecule has 2 N–H and O–H groups in total. The van der Waals surface area contributed by atoms with Crippen molar-refractivity contribution >= 4 is 5.69 Å². The summed E-state index contributed by atoms with van der Waals surface area (Å²) in [6.45, 7) is 4.03. The number of rotatable bonds is 3. The zero-order chi connectivity index (χ0) is 12.3. The Morgan fingerprint density at radius 2 is 2.00 bits per heavy atom. The zero-order valence-electron chi connectivity index (χ0n) is 9.97. The van der Waals surface area contributed by atoms with Crippen molar-refractivity contribution in [3.05, 3.63) is 29.8 Å². The number of halogens is 2. The van der Waals surface area contributed by atoms with Gasteiger partial charge >= 0.3 is 0 Å². The third-order valence-corrected chi connectivity index (χ3v) is 3.40. The summed E-state index contributed by atoms with van der Waals surface area (Å²) < 4.78 is 26.5. The van der Waals surface area contributed by atoms with E-state index in [1.807, 2.05) is 6.92 Å². The van der Waals surface area contributed by atoms with Crippen LogP contribution < -0.4 is 10.6 Å². The van der Waals surface area contributed by atoms with E-state index in [4.69, 9.17) is 0 Å². The van der Waals surface area contributed by atoms with Gasteiger partial charge in [-0.15, -0.1) is 0 Å². The van der Waals surface area contributed by atoms with Crippen molar-refractivity contribution < 1.29 is 8.78 Å². The SMILES string of the molecule is CC(Nc1cc(F)ccc1F)C1CCNCC1. The van der Waals surface area contributed by atoms with E-state index in [-0.39, 0.29) is 11.7 Å². The highest BCUT2D eigenvalue weighted by atomic mass is 19.1. The lowest BCUT2D eigenvalue weighted by atomic mass is 9.91. The van der Waals surface area contributed by atoms with Crippen molar-refractivity contribution in [1.82, 2.24) is 5.32 Å². The second kappa shape index (κ2) is 5.45. The van der Waals surface area contributed by atoms with Crippen LogP contribution in [0.2, 0.25) is 0 Å². The van der Waals surface area contributed by atoms with Gasteiger partial charge in [-0.1, -0.05) is 0 Å². The minimum Gasteiger partial charge on any atom is -0.380 e. The first-order valence-electron chi connectivity index (χ1n) is 6.09. The summed E-state index contributed by atoms with van der Waals surface area (Å²) in [5.74, 6) is -0.294. The van der Waals surface area contributed by atoms with E-state index in [0.29, 0.717) is 5.92 Å². The summed E-state index contributed by atoms with van der Waals surface area (Å²) in [5, 5.41) is 6.37. The fourth-order valence-corrected chi connectivity index (χ4v) is 2.32. The van der Waals surface area contributed by atoms with Gasteiger partial charge in [0.2, 0.25) is 0 Å². The van der Waals surface area contributed by atoms with Gasteiger partial charge in [0.15, 0.2) is 0 Å². The fourth-order valence-electron chi connectivity index (χ4n) is 2.32. The van der Waals surface area contributed by atoms with E-state index in [9.17, 15) is 8.78 Å². The Balaban J connectivity index is 2.01. The molecule has 0 amide bonds. The topological polar surface area (TPSA) is 24.1 Å². The maximum Gasteiger partial charge on any atom is 0.146 e. The minimum absolute atomic E-state index is 0.161. The van der Waals surface area contributed by atoms with Gasteiger partial charge in [-0.2, -0.15) is 0 Å². The van der Waals surface area contributed by atoms with E-state index in [1.165, 1.54) is 6.07 Å². The molecule has 1 heterocycles. The van der Waals surface area contributed by atoms with Gasteiger partial charge in [0.25, 0.3) is 0 Å². The lowest BCUT2D eigenvalue weighted by Crippen LogP contribution is -2.36. The van der Waals surface area contributed by atoms with Crippen molar-refractivity contribution in [3.63, 3.8) is 0 Å². The third kappa shape index (κ3) is 3.16. The second-order valence-corrected chi connectivity index (χ2v) is 4.64. The van der Waals surface area contributed by atoms with Crippen LogP contribution in [0.5, 0.6) is 0 Å². The third-order valence-electron chi connectivity index (χ3n) is 3.40. The average molecular weight is 240 g/mol. The zero-order valence-corrected chi connectivity index (χ0v) is 9.97. The molecule has 1 saturated heterocycles. The van der Waals surface area contributed by atoms with Crippen LogP contribution in [0, 0.1) is 17.6 Å². The summed E-state index contributed by atoms with van der Waals surface area (Å²) in [6, 6.07) is 3.67. The van der Waals surface area contributed by atoms with Crippen LogP contribution in [-0.4, -0.2) is 19.1 Å². The summed E-state index contributed by atoms with van der Waals surface area (Å²) in [6.07, 6.45) is 2.15. The highest BCUT2D eigenvalue weighted by molar-refractivity contribution is 5.45. The molecule has 1 aromatic carbocycles. The van der Waals surface area contributed by atoms with E-state index in [1.54, 1.807) is 0 Å². The molecule has 2 rings (SSSR count). The number of hydrogen-bond donors (Lipinski definition) is 2. The Labute approximate surface area is 100 Å². The Kier molecular flexibility index (Phi) is 3.94. The molecule has 1 unspecified atom stereocenters. The first-order chi connectivity index (χ1) is 8.16.